The molecule has 18 nitrogen and oxygen atoms in total. The predicted octanol–water partition coefficient (Wildman–Crippen LogP) is 1.67. The Morgan fingerprint density at radius 2 is 1.45 bits per heavy atom. The van der Waals surface area contributed by atoms with Crippen molar-refractivity contribution in [2.45, 2.75) is 50.0 Å². The molecule has 2 unspecified atom stereocenters. The first-order valence-corrected chi connectivity index (χ1v) is 18.3. The molecule has 0 radical (unpaired) electrons. The van der Waals surface area contributed by atoms with Crippen molar-refractivity contribution in [3.05, 3.63) is 25.3 Å². The van der Waals surface area contributed by atoms with Gasteiger partial charge in [-0.1, -0.05) is 19.2 Å². The second-order valence-corrected chi connectivity index (χ2v) is 15.9. The molecule has 4 aromatic rings. The highest BCUT2D eigenvalue weighted by molar-refractivity contribution is 8.44. The minimum Gasteiger partial charge on any atom is -0.382 e. The standard InChI is InChI=1S/C21H25FN10O8P2S2/c1-8-14-9(37-20(8)31-6-29-12-16(23)25-4-27-18(12)31)2-35-42(34,44)40-15-10(3-36-41(33,43)39-14)38-21(11(15)22)32-7-30-13-17(24)26-5-28-19(13)32/h4-11,14-15,20-21H,2-3H2,1H3,(H,33,43)(H,34,44)(H2,23,25,27)(H2,24,26,28)/t8-,9-,10-,11-,14+,15-,20-,21-,41?,42?/m1/s1. The van der Waals surface area contributed by atoms with Gasteiger partial charge < -0.3 is 34.9 Å². The highest BCUT2D eigenvalue weighted by Crippen LogP contribution is 2.59. The van der Waals surface area contributed by atoms with Gasteiger partial charge in [0.1, 0.15) is 54.3 Å². The lowest BCUT2D eigenvalue weighted by Crippen LogP contribution is -2.36. The Kier molecular flexibility index (Phi) is 7.65. The summed E-state index contributed by atoms with van der Waals surface area (Å²) in [6.07, 6.45) is -3.50. The molecular weight excluding hydrogens is 665 g/mol. The van der Waals surface area contributed by atoms with E-state index in [2.05, 4.69) is 42.2 Å². The maximum Gasteiger partial charge on any atom is 0.386 e. The summed E-state index contributed by atoms with van der Waals surface area (Å²) in [5, 5.41) is 0. The van der Waals surface area contributed by atoms with E-state index in [4.69, 9.17) is 50.8 Å². The van der Waals surface area contributed by atoms with Crippen LogP contribution in [0.1, 0.15) is 19.4 Å². The number of ether oxygens (including phenoxy) is 2. The van der Waals surface area contributed by atoms with Crippen molar-refractivity contribution in [1.29, 1.82) is 0 Å². The Labute approximate surface area is 257 Å². The SMILES string of the molecule is C[C@@H]1[C@@H]2OP(O)(=S)OC[C@H]3O[C@@H](n4cnc5c(N)ncnc54)[C@H](F)[C@@H]3OP(=O)(S)OC[C@H]2O[C@H]1n1cnc2c(N)ncnc21. The summed E-state index contributed by atoms with van der Waals surface area (Å²) in [6, 6.07) is 0. The third-order valence-electron chi connectivity index (χ3n) is 7.55. The summed E-state index contributed by atoms with van der Waals surface area (Å²) < 4.78 is 67.2. The minimum atomic E-state index is -4.25. The summed E-state index contributed by atoms with van der Waals surface area (Å²) in [6.45, 7) is -7.37. The smallest absolute Gasteiger partial charge is 0.382 e. The number of hydrogen-bond donors (Lipinski definition) is 4. The Hall–Kier alpha value is -2.42. The molecule has 5 N–H and O–H groups in total. The van der Waals surface area contributed by atoms with Gasteiger partial charge in [0.15, 0.2) is 35.3 Å². The van der Waals surface area contributed by atoms with Gasteiger partial charge in [-0.15, -0.1) is 0 Å². The minimum absolute atomic E-state index is 0.0856. The predicted molar refractivity (Wildman–Crippen MR) is 156 cm³/mol. The molecule has 0 amide bonds. The van der Waals surface area contributed by atoms with Crippen molar-refractivity contribution in [3.63, 3.8) is 0 Å². The number of alkyl halides is 1. The molecule has 0 aromatic carbocycles. The number of aromatic nitrogens is 8. The van der Waals surface area contributed by atoms with Gasteiger partial charge in [-0.25, -0.2) is 38.9 Å². The van der Waals surface area contributed by atoms with Crippen LogP contribution in [-0.4, -0.2) is 87.7 Å². The summed E-state index contributed by atoms with van der Waals surface area (Å²) in [7, 11) is 0. The van der Waals surface area contributed by atoms with Gasteiger partial charge in [0.2, 0.25) is 0 Å². The van der Waals surface area contributed by atoms with Crippen LogP contribution in [0.15, 0.2) is 25.3 Å². The molecule has 0 saturated carbocycles. The fourth-order valence-corrected chi connectivity index (χ4v) is 8.49. The summed E-state index contributed by atoms with van der Waals surface area (Å²) in [4.78, 5) is 35.7. The number of hydrogen-bond acceptors (Lipinski definition) is 16. The molecule has 3 aliphatic rings. The Balaban J connectivity index is 1.17. The van der Waals surface area contributed by atoms with Crippen molar-refractivity contribution < 1.29 is 41.4 Å². The zero-order valence-electron chi connectivity index (χ0n) is 22.5. The van der Waals surface area contributed by atoms with Crippen LogP contribution >= 0.6 is 25.8 Å². The van der Waals surface area contributed by atoms with Gasteiger partial charge in [-0.05, 0) is 11.8 Å². The summed E-state index contributed by atoms with van der Waals surface area (Å²) >= 11 is 9.41. The van der Waals surface area contributed by atoms with Crippen molar-refractivity contribution >= 4 is 71.5 Å². The van der Waals surface area contributed by atoms with E-state index < -0.39 is 75.7 Å². The molecule has 236 valence electrons. The maximum atomic E-state index is 16.0. The Morgan fingerprint density at radius 3 is 2.09 bits per heavy atom. The first-order valence-electron chi connectivity index (χ1n) is 13.0. The number of rotatable bonds is 2. The highest BCUT2D eigenvalue weighted by Gasteiger charge is 2.53. The lowest BCUT2D eigenvalue weighted by atomic mass is 10.0. The van der Waals surface area contributed by atoms with Gasteiger partial charge >= 0.3 is 13.5 Å². The summed E-state index contributed by atoms with van der Waals surface area (Å²) in [5.41, 5.74) is 13.0. The van der Waals surface area contributed by atoms with E-state index in [9.17, 15) is 9.46 Å². The molecule has 23 heteroatoms. The van der Waals surface area contributed by atoms with Gasteiger partial charge in [0.05, 0.1) is 25.9 Å². The molecule has 4 aromatic heterocycles. The monoisotopic (exact) mass is 690 g/mol. The number of anilines is 2. The van der Waals surface area contributed by atoms with E-state index in [1.54, 1.807) is 11.5 Å². The van der Waals surface area contributed by atoms with Crippen molar-refractivity contribution in [3.8, 4) is 0 Å². The Bertz CT molecular complexity index is 1710. The van der Waals surface area contributed by atoms with E-state index in [0.29, 0.717) is 11.2 Å². The number of nitrogens with zero attached hydrogens (tertiary/aromatic N) is 8. The molecule has 7 rings (SSSR count). The molecule has 0 bridgehead atoms. The van der Waals surface area contributed by atoms with Crippen LogP contribution in [0, 0.1) is 5.92 Å². The molecule has 3 aliphatic heterocycles. The fraction of sp³-hybridized carbons (Fsp3) is 0.524. The molecule has 3 fully saturated rings. The average molecular weight is 691 g/mol. The first-order chi connectivity index (χ1) is 20.9. The van der Waals surface area contributed by atoms with E-state index >= 15 is 4.39 Å². The van der Waals surface area contributed by atoms with Crippen molar-refractivity contribution in [2.24, 2.45) is 5.92 Å². The van der Waals surface area contributed by atoms with Crippen LogP contribution in [0.25, 0.3) is 22.3 Å². The lowest BCUT2D eigenvalue weighted by Gasteiger charge is -2.29. The zero-order valence-corrected chi connectivity index (χ0v) is 26.0. The molecule has 3 saturated heterocycles. The van der Waals surface area contributed by atoms with E-state index in [-0.39, 0.29) is 22.8 Å². The first kappa shape index (κ1) is 30.2. The highest BCUT2D eigenvalue weighted by atomic mass is 32.7. The number of nitrogen functional groups attached to an aromatic ring is 2. The average Bonchev–Trinajstić information content (AvgIpc) is 3.73. The second kappa shape index (κ2) is 11.1. The van der Waals surface area contributed by atoms with Crippen LogP contribution in [0.3, 0.4) is 0 Å². The Morgan fingerprint density at radius 1 is 0.909 bits per heavy atom. The normalized spacial score (nSPS) is 38.3. The summed E-state index contributed by atoms with van der Waals surface area (Å²) in [5.74, 6) is -0.238. The maximum absolute atomic E-state index is 16.0. The van der Waals surface area contributed by atoms with Crippen LogP contribution in [-0.2, 0) is 43.9 Å². The molecule has 7 heterocycles. The van der Waals surface area contributed by atoms with Gasteiger partial charge in [0, 0.05) is 5.92 Å². The van der Waals surface area contributed by atoms with Crippen LogP contribution < -0.4 is 11.5 Å². The molecule has 10 atom stereocenters. The molecular formula is C21H25FN10O8P2S2. The van der Waals surface area contributed by atoms with E-state index in [1.165, 1.54) is 29.9 Å². The van der Waals surface area contributed by atoms with Gasteiger partial charge in [-0.3, -0.25) is 18.2 Å². The third-order valence-corrected chi connectivity index (χ3v) is 10.7. The fourth-order valence-electron chi connectivity index (χ4n) is 5.49. The van der Waals surface area contributed by atoms with Gasteiger partial charge in [-0.2, -0.15) is 0 Å². The van der Waals surface area contributed by atoms with E-state index in [0.717, 1.165) is 0 Å². The van der Waals surface area contributed by atoms with Crippen molar-refractivity contribution in [1.82, 2.24) is 39.0 Å². The second-order valence-electron chi connectivity index (χ2n) is 10.3. The molecule has 44 heavy (non-hydrogen) atoms. The number of nitrogens with two attached hydrogens (primary N) is 2. The van der Waals surface area contributed by atoms with Crippen LogP contribution in [0.5, 0.6) is 0 Å². The third kappa shape index (κ3) is 5.28. The number of halogens is 1. The quantitative estimate of drug-likeness (QED) is 0.173. The zero-order chi connectivity index (χ0) is 31.0. The number of imidazole rings is 2. The topological polar surface area (TPSA) is 232 Å². The van der Waals surface area contributed by atoms with Crippen LogP contribution in [0.4, 0.5) is 16.0 Å². The van der Waals surface area contributed by atoms with Gasteiger partial charge in [0.25, 0.3) is 0 Å². The van der Waals surface area contributed by atoms with E-state index in [1.807, 2.05) is 0 Å². The molecule has 0 aliphatic carbocycles. The molecule has 0 spiro atoms. The van der Waals surface area contributed by atoms with Crippen molar-refractivity contribution in [2.75, 3.05) is 24.7 Å². The lowest BCUT2D eigenvalue weighted by molar-refractivity contribution is -0.0563. The van der Waals surface area contributed by atoms with Crippen LogP contribution in [0.2, 0.25) is 0 Å². The number of thiol groups is 1. The largest absolute Gasteiger partial charge is 0.386 e. The number of fused-ring (bicyclic) bond motifs is 4.